The van der Waals surface area contributed by atoms with Gasteiger partial charge in [-0.25, -0.2) is 0 Å². The van der Waals surface area contributed by atoms with E-state index in [-0.39, 0.29) is 5.91 Å². The topological polar surface area (TPSA) is 53.5 Å². The molecular weight excluding hydrogens is 302 g/mol. The van der Waals surface area contributed by atoms with Gasteiger partial charge in [0.25, 0.3) is 0 Å². The summed E-state index contributed by atoms with van der Waals surface area (Å²) in [7, 11) is 0. The number of aromatic nitrogens is 1. The molecule has 2 aliphatic rings. The number of carbonyl (C=O) groups is 2. The van der Waals surface area contributed by atoms with Crippen LogP contribution in [0, 0.1) is 5.92 Å². The van der Waals surface area contributed by atoms with Gasteiger partial charge in [0, 0.05) is 44.5 Å². The van der Waals surface area contributed by atoms with Crippen LogP contribution in [0.4, 0.5) is 0 Å². The lowest BCUT2D eigenvalue weighted by Gasteiger charge is -2.33. The summed E-state index contributed by atoms with van der Waals surface area (Å²) < 4.78 is 0. The number of hydrogen-bond donors (Lipinski definition) is 0. The molecule has 0 bridgehead atoms. The average Bonchev–Trinajstić information content (AvgIpc) is 3.15. The van der Waals surface area contributed by atoms with Gasteiger partial charge >= 0.3 is 0 Å². The SMILES string of the molecule is O=C(CC[C@@H]1CCCN(C(=O)Cc2ccccn2)C1)N1CCCC1. The Morgan fingerprint density at radius 1 is 1.04 bits per heavy atom. The molecule has 2 fully saturated rings. The maximum absolute atomic E-state index is 12.5. The third-order valence-electron chi connectivity index (χ3n) is 5.16. The highest BCUT2D eigenvalue weighted by atomic mass is 16.2. The van der Waals surface area contributed by atoms with Gasteiger partial charge in [-0.2, -0.15) is 0 Å². The maximum atomic E-state index is 12.5. The third-order valence-corrected chi connectivity index (χ3v) is 5.16. The standard InChI is InChI=1S/C19H27N3O2/c23-18(21-11-3-4-12-21)9-8-16-6-5-13-22(15-16)19(24)14-17-7-1-2-10-20-17/h1-2,7,10,16H,3-6,8-9,11-15H2/t16-/m0/s1. The van der Waals surface area contributed by atoms with Gasteiger partial charge in [0.2, 0.25) is 11.8 Å². The summed E-state index contributed by atoms with van der Waals surface area (Å²) in [6.07, 6.45) is 8.09. The number of carbonyl (C=O) groups excluding carboxylic acids is 2. The van der Waals surface area contributed by atoms with E-state index in [0.717, 1.165) is 64.0 Å². The zero-order valence-electron chi connectivity index (χ0n) is 14.3. The van der Waals surface area contributed by atoms with E-state index in [9.17, 15) is 9.59 Å². The molecule has 3 heterocycles. The summed E-state index contributed by atoms with van der Waals surface area (Å²) >= 11 is 0. The van der Waals surface area contributed by atoms with Crippen molar-refractivity contribution in [2.24, 2.45) is 5.92 Å². The first-order valence-corrected chi connectivity index (χ1v) is 9.18. The zero-order chi connectivity index (χ0) is 16.8. The van der Waals surface area contributed by atoms with Crippen LogP contribution in [-0.4, -0.2) is 52.8 Å². The lowest BCUT2D eigenvalue weighted by molar-refractivity contribution is -0.132. The molecule has 1 atom stereocenters. The number of amides is 2. The highest BCUT2D eigenvalue weighted by Crippen LogP contribution is 2.22. The highest BCUT2D eigenvalue weighted by Gasteiger charge is 2.25. The van der Waals surface area contributed by atoms with Gasteiger partial charge in [-0.1, -0.05) is 6.07 Å². The van der Waals surface area contributed by atoms with E-state index in [2.05, 4.69) is 4.98 Å². The van der Waals surface area contributed by atoms with E-state index in [4.69, 9.17) is 0 Å². The molecule has 130 valence electrons. The highest BCUT2D eigenvalue weighted by molar-refractivity contribution is 5.78. The number of pyridine rings is 1. The van der Waals surface area contributed by atoms with Crippen LogP contribution < -0.4 is 0 Å². The lowest BCUT2D eigenvalue weighted by Crippen LogP contribution is -2.41. The third kappa shape index (κ3) is 4.56. The van der Waals surface area contributed by atoms with Crippen LogP contribution in [0.5, 0.6) is 0 Å². The van der Waals surface area contributed by atoms with Gasteiger partial charge in [0.05, 0.1) is 6.42 Å². The first kappa shape index (κ1) is 16.9. The molecule has 2 saturated heterocycles. The summed E-state index contributed by atoms with van der Waals surface area (Å²) in [6, 6.07) is 5.68. The fourth-order valence-corrected chi connectivity index (χ4v) is 3.75. The Hall–Kier alpha value is -1.91. The van der Waals surface area contributed by atoms with E-state index in [1.165, 1.54) is 0 Å². The van der Waals surface area contributed by atoms with E-state index in [1.54, 1.807) is 6.20 Å². The van der Waals surface area contributed by atoms with Gasteiger partial charge < -0.3 is 9.80 Å². The fraction of sp³-hybridized carbons (Fsp3) is 0.632. The normalized spacial score (nSPS) is 21.1. The molecule has 2 amide bonds. The Labute approximate surface area is 144 Å². The molecule has 0 aliphatic carbocycles. The molecular formula is C19H27N3O2. The smallest absolute Gasteiger partial charge is 0.228 e. The van der Waals surface area contributed by atoms with Crippen molar-refractivity contribution in [2.45, 2.75) is 44.9 Å². The summed E-state index contributed by atoms with van der Waals surface area (Å²) in [5.74, 6) is 0.909. The molecule has 0 N–H and O–H groups in total. The molecule has 5 heteroatoms. The second-order valence-corrected chi connectivity index (χ2v) is 6.97. The van der Waals surface area contributed by atoms with E-state index in [0.29, 0.717) is 24.7 Å². The molecule has 1 aromatic rings. The van der Waals surface area contributed by atoms with Gasteiger partial charge in [0.15, 0.2) is 0 Å². The fourth-order valence-electron chi connectivity index (χ4n) is 3.75. The monoisotopic (exact) mass is 329 g/mol. The largest absolute Gasteiger partial charge is 0.343 e. The second kappa shape index (κ2) is 8.27. The summed E-state index contributed by atoms with van der Waals surface area (Å²) in [6.45, 7) is 3.48. The van der Waals surface area contributed by atoms with Crippen LogP contribution in [0.1, 0.15) is 44.2 Å². The summed E-state index contributed by atoms with van der Waals surface area (Å²) in [5.41, 5.74) is 0.828. The Balaban J connectivity index is 1.45. The van der Waals surface area contributed by atoms with Crippen LogP contribution in [0.3, 0.4) is 0 Å². The molecule has 0 unspecified atom stereocenters. The van der Waals surface area contributed by atoms with Crippen molar-refractivity contribution in [3.63, 3.8) is 0 Å². The van der Waals surface area contributed by atoms with Crippen LogP contribution in [0.15, 0.2) is 24.4 Å². The van der Waals surface area contributed by atoms with Gasteiger partial charge in [-0.05, 0) is 50.2 Å². The molecule has 2 aliphatic heterocycles. The van der Waals surface area contributed by atoms with Gasteiger partial charge in [0.1, 0.15) is 0 Å². The average molecular weight is 329 g/mol. The molecule has 0 aromatic carbocycles. The molecule has 5 nitrogen and oxygen atoms in total. The van der Waals surface area contributed by atoms with Crippen LogP contribution in [0.2, 0.25) is 0 Å². The van der Waals surface area contributed by atoms with Crippen LogP contribution >= 0.6 is 0 Å². The minimum atomic E-state index is 0.157. The maximum Gasteiger partial charge on any atom is 0.228 e. The Morgan fingerprint density at radius 2 is 1.83 bits per heavy atom. The predicted octanol–water partition coefficient (Wildman–Crippen LogP) is 2.27. The summed E-state index contributed by atoms with van der Waals surface area (Å²) in [5, 5.41) is 0. The molecule has 24 heavy (non-hydrogen) atoms. The lowest BCUT2D eigenvalue weighted by atomic mass is 9.93. The molecule has 0 spiro atoms. The van der Waals surface area contributed by atoms with Gasteiger partial charge in [-0.15, -0.1) is 0 Å². The minimum absolute atomic E-state index is 0.157. The zero-order valence-corrected chi connectivity index (χ0v) is 14.3. The quantitative estimate of drug-likeness (QED) is 0.833. The number of likely N-dealkylation sites (tertiary alicyclic amines) is 2. The van der Waals surface area contributed by atoms with Crippen molar-refractivity contribution in [2.75, 3.05) is 26.2 Å². The van der Waals surface area contributed by atoms with E-state index < -0.39 is 0 Å². The van der Waals surface area contributed by atoms with E-state index in [1.807, 2.05) is 28.0 Å². The van der Waals surface area contributed by atoms with Crippen molar-refractivity contribution in [1.29, 1.82) is 0 Å². The number of hydrogen-bond acceptors (Lipinski definition) is 3. The molecule has 3 rings (SSSR count). The van der Waals surface area contributed by atoms with Crippen molar-refractivity contribution in [3.05, 3.63) is 30.1 Å². The predicted molar refractivity (Wildman–Crippen MR) is 92.3 cm³/mol. The molecule has 0 radical (unpaired) electrons. The number of rotatable bonds is 5. The number of nitrogens with zero attached hydrogens (tertiary/aromatic N) is 3. The van der Waals surface area contributed by atoms with Crippen LogP contribution in [0.25, 0.3) is 0 Å². The Morgan fingerprint density at radius 3 is 2.58 bits per heavy atom. The van der Waals surface area contributed by atoms with E-state index >= 15 is 0 Å². The first-order chi connectivity index (χ1) is 11.7. The van der Waals surface area contributed by atoms with Crippen molar-refractivity contribution < 1.29 is 9.59 Å². The second-order valence-electron chi connectivity index (χ2n) is 6.97. The van der Waals surface area contributed by atoms with Crippen LogP contribution in [-0.2, 0) is 16.0 Å². The van der Waals surface area contributed by atoms with Crippen molar-refractivity contribution in [1.82, 2.24) is 14.8 Å². The van der Waals surface area contributed by atoms with Crippen molar-refractivity contribution in [3.8, 4) is 0 Å². The van der Waals surface area contributed by atoms with Crippen molar-refractivity contribution >= 4 is 11.8 Å². The minimum Gasteiger partial charge on any atom is -0.343 e. The first-order valence-electron chi connectivity index (χ1n) is 9.18. The summed E-state index contributed by atoms with van der Waals surface area (Å²) in [4.78, 5) is 32.8. The molecule has 1 aromatic heterocycles. The van der Waals surface area contributed by atoms with Gasteiger partial charge in [-0.3, -0.25) is 14.6 Å². The Kier molecular flexibility index (Phi) is 5.83. The Bertz CT molecular complexity index is 555. The molecule has 0 saturated carbocycles. The number of piperidine rings is 1.